The monoisotopic (exact) mass is 273 g/mol. The summed E-state index contributed by atoms with van der Waals surface area (Å²) < 4.78 is 0. The quantitative estimate of drug-likeness (QED) is 0.694. The van der Waals surface area contributed by atoms with Crippen molar-refractivity contribution >= 4 is 39.4 Å². The van der Waals surface area contributed by atoms with Crippen LogP contribution in [0.15, 0.2) is 53.9 Å². The Hall–Kier alpha value is -1.51. The SMILES string of the molecule is Clc1csc(CNc2cccc3ccccc23)c1. The second-order valence-corrected chi connectivity index (χ2v) is 5.54. The molecule has 1 aromatic heterocycles. The molecule has 0 aliphatic heterocycles. The van der Waals surface area contributed by atoms with Gasteiger partial charge in [0.05, 0.1) is 5.02 Å². The van der Waals surface area contributed by atoms with Gasteiger partial charge in [0.1, 0.15) is 0 Å². The Morgan fingerprint density at radius 1 is 1.06 bits per heavy atom. The summed E-state index contributed by atoms with van der Waals surface area (Å²) in [7, 11) is 0. The molecule has 1 heterocycles. The highest BCUT2D eigenvalue weighted by Gasteiger charge is 2.01. The van der Waals surface area contributed by atoms with Crippen LogP contribution in [0.4, 0.5) is 5.69 Å². The van der Waals surface area contributed by atoms with E-state index in [0.717, 1.165) is 17.3 Å². The second kappa shape index (κ2) is 5.01. The fourth-order valence-electron chi connectivity index (χ4n) is 2.01. The third-order valence-electron chi connectivity index (χ3n) is 2.86. The minimum atomic E-state index is 0.811. The number of fused-ring (bicyclic) bond motifs is 1. The summed E-state index contributed by atoms with van der Waals surface area (Å²) in [6, 6.07) is 16.7. The van der Waals surface area contributed by atoms with Gasteiger partial charge >= 0.3 is 0 Å². The van der Waals surface area contributed by atoms with Gasteiger partial charge in [-0.25, -0.2) is 0 Å². The summed E-state index contributed by atoms with van der Waals surface area (Å²) in [5.41, 5.74) is 1.16. The number of anilines is 1. The minimum absolute atomic E-state index is 0.811. The first-order chi connectivity index (χ1) is 8.83. The first kappa shape index (κ1) is 11.6. The van der Waals surface area contributed by atoms with Crippen LogP contribution in [0.3, 0.4) is 0 Å². The first-order valence-corrected chi connectivity index (χ1v) is 7.03. The molecule has 0 amide bonds. The van der Waals surface area contributed by atoms with E-state index in [4.69, 9.17) is 11.6 Å². The van der Waals surface area contributed by atoms with Crippen LogP contribution >= 0.6 is 22.9 Å². The van der Waals surface area contributed by atoms with E-state index in [0.29, 0.717) is 0 Å². The van der Waals surface area contributed by atoms with Crippen LogP contribution in [0.1, 0.15) is 4.88 Å². The second-order valence-electron chi connectivity index (χ2n) is 4.11. The molecule has 0 aliphatic rings. The maximum absolute atomic E-state index is 5.92. The molecule has 0 radical (unpaired) electrons. The Morgan fingerprint density at radius 2 is 1.89 bits per heavy atom. The van der Waals surface area contributed by atoms with E-state index < -0.39 is 0 Å². The van der Waals surface area contributed by atoms with Crippen LogP contribution in [0, 0.1) is 0 Å². The average molecular weight is 274 g/mol. The van der Waals surface area contributed by atoms with E-state index in [1.54, 1.807) is 11.3 Å². The van der Waals surface area contributed by atoms with Gasteiger partial charge in [-0.3, -0.25) is 0 Å². The van der Waals surface area contributed by atoms with Crippen molar-refractivity contribution in [2.24, 2.45) is 0 Å². The summed E-state index contributed by atoms with van der Waals surface area (Å²) in [5, 5.41) is 8.75. The lowest BCUT2D eigenvalue weighted by Gasteiger charge is -2.08. The molecule has 18 heavy (non-hydrogen) atoms. The minimum Gasteiger partial charge on any atom is -0.380 e. The van der Waals surface area contributed by atoms with Gasteiger partial charge in [-0.2, -0.15) is 0 Å². The molecule has 90 valence electrons. The van der Waals surface area contributed by atoms with Crippen LogP contribution in [0.25, 0.3) is 10.8 Å². The highest BCUT2D eigenvalue weighted by atomic mass is 35.5. The van der Waals surface area contributed by atoms with E-state index in [2.05, 4.69) is 47.8 Å². The van der Waals surface area contributed by atoms with Crippen molar-refractivity contribution in [2.75, 3.05) is 5.32 Å². The Bertz CT molecular complexity index is 670. The fraction of sp³-hybridized carbons (Fsp3) is 0.0667. The van der Waals surface area contributed by atoms with E-state index in [1.807, 2.05) is 11.4 Å². The molecule has 0 spiro atoms. The highest BCUT2D eigenvalue weighted by Crippen LogP contribution is 2.25. The molecular formula is C15H12ClNS. The predicted octanol–water partition coefficient (Wildman–Crippen LogP) is 5.17. The summed E-state index contributed by atoms with van der Waals surface area (Å²) in [6.45, 7) is 0.811. The molecule has 0 aliphatic carbocycles. The lowest BCUT2D eigenvalue weighted by Crippen LogP contribution is -1.97. The maximum atomic E-state index is 5.92. The largest absolute Gasteiger partial charge is 0.380 e. The van der Waals surface area contributed by atoms with Gasteiger partial charge in [0.15, 0.2) is 0 Å². The van der Waals surface area contributed by atoms with Crippen LogP contribution < -0.4 is 5.32 Å². The van der Waals surface area contributed by atoms with Gasteiger partial charge in [0, 0.05) is 27.9 Å². The summed E-state index contributed by atoms with van der Waals surface area (Å²) in [5.74, 6) is 0. The first-order valence-electron chi connectivity index (χ1n) is 5.77. The van der Waals surface area contributed by atoms with Crippen molar-refractivity contribution in [3.63, 3.8) is 0 Å². The molecule has 3 heteroatoms. The third-order valence-corrected chi connectivity index (χ3v) is 4.15. The number of benzene rings is 2. The molecule has 3 aromatic rings. The van der Waals surface area contributed by atoms with Crippen LogP contribution in [0.5, 0.6) is 0 Å². The lowest BCUT2D eigenvalue weighted by atomic mass is 10.1. The zero-order valence-electron chi connectivity index (χ0n) is 9.69. The number of halogens is 1. The standard InChI is InChI=1S/C15H12ClNS/c16-12-8-13(18-10-12)9-17-15-7-3-5-11-4-1-2-6-14(11)15/h1-8,10,17H,9H2. The van der Waals surface area contributed by atoms with E-state index in [9.17, 15) is 0 Å². The van der Waals surface area contributed by atoms with Gasteiger partial charge in [0.2, 0.25) is 0 Å². The van der Waals surface area contributed by atoms with Gasteiger partial charge in [0.25, 0.3) is 0 Å². The van der Waals surface area contributed by atoms with Crippen molar-refractivity contribution < 1.29 is 0 Å². The molecule has 0 saturated carbocycles. The van der Waals surface area contributed by atoms with Gasteiger partial charge in [-0.15, -0.1) is 11.3 Å². The van der Waals surface area contributed by atoms with E-state index in [-0.39, 0.29) is 0 Å². The Labute approximate surface area is 115 Å². The molecule has 0 saturated heterocycles. The van der Waals surface area contributed by atoms with Gasteiger partial charge < -0.3 is 5.32 Å². The normalized spacial score (nSPS) is 10.7. The molecule has 2 aromatic carbocycles. The van der Waals surface area contributed by atoms with Crippen molar-refractivity contribution in [1.82, 2.24) is 0 Å². The zero-order valence-corrected chi connectivity index (χ0v) is 11.3. The number of rotatable bonds is 3. The molecule has 3 rings (SSSR count). The third kappa shape index (κ3) is 2.35. The smallest absolute Gasteiger partial charge is 0.0516 e. The van der Waals surface area contributed by atoms with Crippen molar-refractivity contribution in [2.45, 2.75) is 6.54 Å². The molecule has 0 unspecified atom stereocenters. The van der Waals surface area contributed by atoms with Crippen LogP contribution in [0.2, 0.25) is 5.02 Å². The molecule has 1 nitrogen and oxygen atoms in total. The summed E-state index contributed by atoms with van der Waals surface area (Å²) >= 11 is 7.60. The number of nitrogens with one attached hydrogen (secondary N) is 1. The van der Waals surface area contributed by atoms with Crippen molar-refractivity contribution in [1.29, 1.82) is 0 Å². The maximum Gasteiger partial charge on any atom is 0.0516 e. The number of hydrogen-bond acceptors (Lipinski definition) is 2. The number of hydrogen-bond donors (Lipinski definition) is 1. The van der Waals surface area contributed by atoms with Crippen molar-refractivity contribution in [3.8, 4) is 0 Å². The van der Waals surface area contributed by atoms with E-state index in [1.165, 1.54) is 15.6 Å². The van der Waals surface area contributed by atoms with Gasteiger partial charge in [-0.05, 0) is 17.5 Å². The average Bonchev–Trinajstić information content (AvgIpc) is 2.82. The summed E-state index contributed by atoms with van der Waals surface area (Å²) in [4.78, 5) is 1.24. The number of thiophene rings is 1. The van der Waals surface area contributed by atoms with Gasteiger partial charge in [-0.1, -0.05) is 48.0 Å². The van der Waals surface area contributed by atoms with Crippen molar-refractivity contribution in [3.05, 3.63) is 63.8 Å². The Morgan fingerprint density at radius 3 is 2.72 bits per heavy atom. The lowest BCUT2D eigenvalue weighted by molar-refractivity contribution is 1.20. The predicted molar refractivity (Wildman–Crippen MR) is 80.6 cm³/mol. The van der Waals surface area contributed by atoms with E-state index >= 15 is 0 Å². The van der Waals surface area contributed by atoms with Crippen LogP contribution in [-0.4, -0.2) is 0 Å². The highest BCUT2D eigenvalue weighted by molar-refractivity contribution is 7.10. The Balaban J connectivity index is 1.86. The molecule has 0 bridgehead atoms. The summed E-state index contributed by atoms with van der Waals surface area (Å²) in [6.07, 6.45) is 0. The topological polar surface area (TPSA) is 12.0 Å². The molecule has 0 atom stereocenters. The molecule has 1 N–H and O–H groups in total. The Kier molecular flexibility index (Phi) is 3.22. The fourth-order valence-corrected chi connectivity index (χ4v) is 3.02. The molecule has 0 fully saturated rings. The molecular weight excluding hydrogens is 262 g/mol. The van der Waals surface area contributed by atoms with Crippen LogP contribution in [-0.2, 0) is 6.54 Å². The zero-order chi connectivity index (χ0) is 12.4.